The fourth-order valence-electron chi connectivity index (χ4n) is 2.78. The second-order valence-corrected chi connectivity index (χ2v) is 8.14. The Bertz CT molecular complexity index is 1000. The zero-order chi connectivity index (χ0) is 19.8. The second kappa shape index (κ2) is 9.34. The van der Waals surface area contributed by atoms with Gasteiger partial charge >= 0.3 is 0 Å². The van der Waals surface area contributed by atoms with Gasteiger partial charge in [0.1, 0.15) is 10.6 Å². The van der Waals surface area contributed by atoms with Gasteiger partial charge in [-0.2, -0.15) is 0 Å². The number of aromatic nitrogens is 1. The van der Waals surface area contributed by atoms with Gasteiger partial charge in [-0.1, -0.05) is 60.7 Å². The van der Waals surface area contributed by atoms with Gasteiger partial charge < -0.3 is 10.3 Å². The van der Waals surface area contributed by atoms with E-state index in [0.29, 0.717) is 19.4 Å². The average molecular weight is 398 g/mol. The van der Waals surface area contributed by atoms with E-state index in [9.17, 15) is 13.2 Å². The highest BCUT2D eigenvalue weighted by molar-refractivity contribution is 7.89. The van der Waals surface area contributed by atoms with Crippen LogP contribution >= 0.6 is 0 Å². The number of carbonyl (C=O) groups excluding carboxylic acids is 1. The Labute approximate surface area is 165 Å². The lowest BCUT2D eigenvalue weighted by Crippen LogP contribution is -2.26. The number of sulfonamides is 1. The quantitative estimate of drug-likeness (QED) is 0.518. The van der Waals surface area contributed by atoms with Gasteiger partial charge in [-0.15, -0.1) is 0 Å². The number of rotatable bonds is 9. The summed E-state index contributed by atoms with van der Waals surface area (Å²) >= 11 is 0. The van der Waals surface area contributed by atoms with Gasteiger partial charge in [-0.25, -0.2) is 13.1 Å². The highest BCUT2D eigenvalue weighted by Crippen LogP contribution is 2.11. The molecule has 2 aromatic carbocycles. The summed E-state index contributed by atoms with van der Waals surface area (Å²) in [5.41, 5.74) is 2.40. The maximum Gasteiger partial charge on any atom is 0.267 e. The van der Waals surface area contributed by atoms with E-state index in [4.69, 9.17) is 0 Å². The third kappa shape index (κ3) is 5.55. The van der Waals surface area contributed by atoms with E-state index in [1.165, 1.54) is 12.3 Å². The summed E-state index contributed by atoms with van der Waals surface area (Å²) in [5.74, 6) is -0.332. The molecule has 0 aliphatic heterocycles. The SMILES string of the molecule is O=C(NCCc1ccccc1)c1cc(S(=O)(=O)NCCc2ccccc2)c[nH]1. The third-order valence-electron chi connectivity index (χ3n) is 4.30. The van der Waals surface area contributed by atoms with Crippen LogP contribution in [0.15, 0.2) is 77.8 Å². The van der Waals surface area contributed by atoms with E-state index in [1.807, 2.05) is 60.7 Å². The average Bonchev–Trinajstić information content (AvgIpc) is 3.21. The molecule has 0 radical (unpaired) electrons. The van der Waals surface area contributed by atoms with Crippen molar-refractivity contribution in [1.29, 1.82) is 0 Å². The Kier molecular flexibility index (Phi) is 6.62. The zero-order valence-corrected chi connectivity index (χ0v) is 16.2. The van der Waals surface area contributed by atoms with Crippen LogP contribution in [0.3, 0.4) is 0 Å². The third-order valence-corrected chi connectivity index (χ3v) is 5.74. The van der Waals surface area contributed by atoms with Crippen LogP contribution in [0.5, 0.6) is 0 Å². The molecule has 0 saturated carbocycles. The van der Waals surface area contributed by atoms with E-state index in [2.05, 4.69) is 15.0 Å². The molecule has 1 heterocycles. The Hall–Kier alpha value is -2.90. The van der Waals surface area contributed by atoms with E-state index in [1.54, 1.807) is 0 Å². The fraction of sp³-hybridized carbons (Fsp3) is 0.190. The lowest BCUT2D eigenvalue weighted by molar-refractivity contribution is 0.0949. The number of hydrogen-bond acceptors (Lipinski definition) is 3. The van der Waals surface area contributed by atoms with Crippen molar-refractivity contribution in [1.82, 2.24) is 15.0 Å². The number of amides is 1. The Morgan fingerprint density at radius 3 is 2.04 bits per heavy atom. The van der Waals surface area contributed by atoms with Gasteiger partial charge in [0.25, 0.3) is 5.91 Å². The molecule has 0 spiro atoms. The normalized spacial score (nSPS) is 11.3. The van der Waals surface area contributed by atoms with Crippen LogP contribution in [0.1, 0.15) is 21.6 Å². The van der Waals surface area contributed by atoms with Crippen molar-refractivity contribution in [3.63, 3.8) is 0 Å². The number of H-pyrrole nitrogens is 1. The van der Waals surface area contributed by atoms with Crippen LogP contribution in [0, 0.1) is 0 Å². The van der Waals surface area contributed by atoms with Gasteiger partial charge in [-0.05, 0) is 30.0 Å². The first-order valence-electron chi connectivity index (χ1n) is 9.09. The highest BCUT2D eigenvalue weighted by Gasteiger charge is 2.18. The predicted molar refractivity (Wildman–Crippen MR) is 109 cm³/mol. The largest absolute Gasteiger partial charge is 0.356 e. The van der Waals surface area contributed by atoms with Crippen molar-refractivity contribution >= 4 is 15.9 Å². The fourth-order valence-corrected chi connectivity index (χ4v) is 3.80. The van der Waals surface area contributed by atoms with Crippen LogP contribution in [0.25, 0.3) is 0 Å². The monoisotopic (exact) mass is 397 g/mol. The molecule has 7 heteroatoms. The summed E-state index contributed by atoms with van der Waals surface area (Å²) in [6.07, 6.45) is 2.63. The van der Waals surface area contributed by atoms with Crippen molar-refractivity contribution in [2.75, 3.05) is 13.1 Å². The summed E-state index contributed by atoms with van der Waals surface area (Å²) in [5, 5.41) is 2.79. The van der Waals surface area contributed by atoms with Crippen LogP contribution in [0.2, 0.25) is 0 Å². The van der Waals surface area contributed by atoms with Crippen LogP contribution in [-0.2, 0) is 22.9 Å². The standard InChI is InChI=1S/C21H23N3O3S/c25-21(22-13-11-17-7-3-1-4-8-17)20-15-19(16-23-20)28(26,27)24-14-12-18-9-5-2-6-10-18/h1-10,15-16,23-24H,11-14H2,(H,22,25). The summed E-state index contributed by atoms with van der Waals surface area (Å²) in [7, 11) is -3.67. The minimum atomic E-state index is -3.67. The number of nitrogens with one attached hydrogen (secondary N) is 3. The van der Waals surface area contributed by atoms with E-state index in [0.717, 1.165) is 11.1 Å². The molecule has 1 aromatic heterocycles. The number of hydrogen-bond donors (Lipinski definition) is 3. The lowest BCUT2D eigenvalue weighted by atomic mass is 10.1. The molecule has 6 nitrogen and oxygen atoms in total. The zero-order valence-electron chi connectivity index (χ0n) is 15.4. The summed E-state index contributed by atoms with van der Waals surface area (Å²) in [6.45, 7) is 0.759. The molecule has 146 valence electrons. The molecule has 0 saturated heterocycles. The van der Waals surface area contributed by atoms with Gasteiger partial charge in [0.15, 0.2) is 0 Å². The van der Waals surface area contributed by atoms with Gasteiger partial charge in [0.05, 0.1) is 0 Å². The van der Waals surface area contributed by atoms with Gasteiger partial charge in [0.2, 0.25) is 10.0 Å². The first-order valence-corrected chi connectivity index (χ1v) is 10.6. The first-order chi connectivity index (χ1) is 13.5. The molecule has 3 aromatic rings. The predicted octanol–water partition coefficient (Wildman–Crippen LogP) is 2.51. The molecule has 1 amide bonds. The second-order valence-electron chi connectivity index (χ2n) is 6.37. The van der Waals surface area contributed by atoms with Crippen molar-refractivity contribution in [2.24, 2.45) is 0 Å². The summed E-state index contributed by atoms with van der Waals surface area (Å²) in [6, 6.07) is 20.8. The van der Waals surface area contributed by atoms with E-state index < -0.39 is 10.0 Å². The molecule has 0 bridgehead atoms. The Morgan fingerprint density at radius 2 is 1.43 bits per heavy atom. The van der Waals surface area contributed by atoms with Crippen LogP contribution in [0.4, 0.5) is 0 Å². The van der Waals surface area contributed by atoms with Crippen LogP contribution in [-0.4, -0.2) is 32.4 Å². The molecule has 0 atom stereocenters. The van der Waals surface area contributed by atoms with Crippen molar-refractivity contribution in [3.05, 3.63) is 89.7 Å². The molecule has 0 fully saturated rings. The molecular weight excluding hydrogens is 374 g/mol. The molecule has 0 unspecified atom stereocenters. The first kappa shape index (κ1) is 19.9. The molecular formula is C21H23N3O3S. The van der Waals surface area contributed by atoms with Crippen molar-refractivity contribution < 1.29 is 13.2 Å². The van der Waals surface area contributed by atoms with E-state index >= 15 is 0 Å². The molecule has 0 aliphatic rings. The molecule has 0 aliphatic carbocycles. The topological polar surface area (TPSA) is 91.1 Å². The van der Waals surface area contributed by atoms with Gasteiger partial charge in [0, 0.05) is 19.3 Å². The maximum atomic E-state index is 12.4. The number of benzene rings is 2. The minimum Gasteiger partial charge on any atom is -0.356 e. The molecule has 28 heavy (non-hydrogen) atoms. The molecule has 3 rings (SSSR count). The smallest absolute Gasteiger partial charge is 0.267 e. The van der Waals surface area contributed by atoms with Crippen LogP contribution < -0.4 is 10.0 Å². The Morgan fingerprint density at radius 1 is 0.857 bits per heavy atom. The lowest BCUT2D eigenvalue weighted by Gasteiger charge is -2.05. The number of aromatic amines is 1. The molecule has 3 N–H and O–H groups in total. The van der Waals surface area contributed by atoms with Gasteiger partial charge in [-0.3, -0.25) is 4.79 Å². The van der Waals surface area contributed by atoms with E-state index in [-0.39, 0.29) is 23.0 Å². The minimum absolute atomic E-state index is 0.0498. The highest BCUT2D eigenvalue weighted by atomic mass is 32.2. The Balaban J connectivity index is 1.50. The van der Waals surface area contributed by atoms with Crippen molar-refractivity contribution in [2.45, 2.75) is 17.7 Å². The summed E-state index contributed by atoms with van der Waals surface area (Å²) in [4.78, 5) is 15.0. The number of carbonyl (C=O) groups is 1. The van der Waals surface area contributed by atoms with Crippen molar-refractivity contribution in [3.8, 4) is 0 Å². The maximum absolute atomic E-state index is 12.4. The summed E-state index contributed by atoms with van der Waals surface area (Å²) < 4.78 is 27.4.